The highest BCUT2D eigenvalue weighted by molar-refractivity contribution is 6.05. The Kier molecular flexibility index (Phi) is 32.5. The van der Waals surface area contributed by atoms with Crippen molar-refractivity contribution in [1.82, 2.24) is 0 Å². The summed E-state index contributed by atoms with van der Waals surface area (Å²) in [5.74, 6) is 2.49. The van der Waals surface area contributed by atoms with Crippen molar-refractivity contribution >= 4 is 34.7 Å². The molecule has 3 unspecified atom stereocenters. The molecule has 0 amide bonds. The van der Waals surface area contributed by atoms with Crippen molar-refractivity contribution in [3.05, 3.63) is 117 Å². The SMILES string of the molecule is C/C=C/C(=O)C1=C(C)CCCC1(C)C.C/C=C/C(=O)C1C(C)=CCCC1(C)C.CC(=O)/C=C/C1=C(C)CCCC1(C)C.CC(=O)/C=C/C1C(C)=CCCC1(C)C.CC(=O)CCC1=C(C)CCCC1(C)C.CC(=O)CCC1C(C)=CCCC1(C)C. The molecule has 0 aromatic rings. The molecule has 6 aliphatic carbocycles. The van der Waals surface area contributed by atoms with E-state index in [4.69, 9.17) is 0 Å². The van der Waals surface area contributed by atoms with E-state index in [0.29, 0.717) is 39.6 Å². The predicted octanol–water partition coefficient (Wildman–Crippen LogP) is 22.0. The molecule has 6 heteroatoms. The number of hydrogen-bond acceptors (Lipinski definition) is 6. The average molecular weight is 1160 g/mol. The van der Waals surface area contributed by atoms with Crippen molar-refractivity contribution in [3.8, 4) is 0 Å². The third-order valence-corrected chi connectivity index (χ3v) is 19.2. The Morgan fingerprint density at radius 2 is 0.952 bits per heavy atom. The summed E-state index contributed by atoms with van der Waals surface area (Å²) in [6, 6.07) is 0. The molecule has 3 atom stereocenters. The number of allylic oxidation sites excluding steroid dienone is 20. The summed E-state index contributed by atoms with van der Waals surface area (Å²) in [6.07, 6.45) is 42.8. The van der Waals surface area contributed by atoms with Crippen LogP contribution in [0, 0.1) is 50.2 Å². The van der Waals surface area contributed by atoms with E-state index in [-0.39, 0.29) is 45.3 Å². The summed E-state index contributed by atoms with van der Waals surface area (Å²) in [5, 5.41) is 0. The van der Waals surface area contributed by atoms with Crippen molar-refractivity contribution in [2.24, 2.45) is 50.2 Å². The van der Waals surface area contributed by atoms with Crippen LogP contribution in [0.15, 0.2) is 117 Å². The van der Waals surface area contributed by atoms with Gasteiger partial charge in [0.2, 0.25) is 0 Å². The van der Waals surface area contributed by atoms with E-state index in [9.17, 15) is 28.8 Å². The molecular weight excluding hydrogens is 1030 g/mol. The lowest BCUT2D eigenvalue weighted by Crippen LogP contribution is -2.33. The molecule has 0 spiro atoms. The van der Waals surface area contributed by atoms with Gasteiger partial charge < -0.3 is 9.59 Å². The Hall–Kier alpha value is -4.58. The molecule has 0 saturated heterocycles. The molecule has 0 N–H and O–H groups in total. The molecule has 84 heavy (non-hydrogen) atoms. The molecule has 0 heterocycles. The third kappa shape index (κ3) is 26.2. The lowest BCUT2D eigenvalue weighted by atomic mass is 9.67. The minimum absolute atomic E-state index is 0.0684. The quantitative estimate of drug-likeness (QED) is 0.127. The largest absolute Gasteiger partial charge is 0.300 e. The van der Waals surface area contributed by atoms with E-state index in [0.717, 1.165) is 56.9 Å². The van der Waals surface area contributed by atoms with Crippen LogP contribution in [-0.2, 0) is 28.8 Å². The molecule has 0 radical (unpaired) electrons. The van der Waals surface area contributed by atoms with Gasteiger partial charge in [0, 0.05) is 30.3 Å². The lowest BCUT2D eigenvalue weighted by molar-refractivity contribution is -0.120. The Labute approximate surface area is 516 Å². The van der Waals surface area contributed by atoms with Crippen LogP contribution >= 0.6 is 0 Å². The minimum Gasteiger partial charge on any atom is -0.300 e. The van der Waals surface area contributed by atoms with Crippen molar-refractivity contribution in [2.75, 3.05) is 0 Å². The van der Waals surface area contributed by atoms with Crippen LogP contribution in [0.4, 0.5) is 0 Å². The highest BCUT2D eigenvalue weighted by atomic mass is 16.1. The van der Waals surface area contributed by atoms with Gasteiger partial charge in [0.25, 0.3) is 0 Å². The number of rotatable bonds is 14. The normalized spacial score (nSPS) is 23.8. The molecule has 6 aliphatic rings. The predicted molar refractivity (Wildman–Crippen MR) is 361 cm³/mol. The summed E-state index contributed by atoms with van der Waals surface area (Å²) in [7, 11) is 0. The van der Waals surface area contributed by atoms with Gasteiger partial charge in [0.05, 0.1) is 0 Å². The Bertz CT molecular complexity index is 2570. The first-order valence-corrected chi connectivity index (χ1v) is 32.5. The molecule has 472 valence electrons. The first-order valence-electron chi connectivity index (χ1n) is 32.5. The van der Waals surface area contributed by atoms with Gasteiger partial charge in [0.15, 0.2) is 23.1 Å². The standard InChI is InChI=1S/2C13H22O.4C13H20O/c4*1-10-6-5-9-13(3,4)12(10)8-7-11(2)14;2*1-5-7-11(14)12-10(2)8-6-9-13(12,3)4/h5-9H2,1-4H3;6,12H,5,7-9H2,1-4H3;7-8H,5-6,9H2,1-4H3;6-8,12H,5,9H2,1-4H3;5,7H,6,8-9H2,1-4H3;5,7-8,12H,6,9H2,1-4H3/b;;2*8-7+;2*7-5+. The lowest BCUT2D eigenvalue weighted by Gasteiger charge is -2.38. The summed E-state index contributed by atoms with van der Waals surface area (Å²) in [5.41, 5.74) is 13.8. The summed E-state index contributed by atoms with van der Waals surface area (Å²) < 4.78 is 0. The summed E-state index contributed by atoms with van der Waals surface area (Å²) in [6.45, 7) is 50.4. The van der Waals surface area contributed by atoms with Gasteiger partial charge in [-0.1, -0.05) is 165 Å². The number of carbonyl (C=O) groups is 6. The van der Waals surface area contributed by atoms with Gasteiger partial charge in [-0.2, -0.15) is 0 Å². The van der Waals surface area contributed by atoms with Gasteiger partial charge in [-0.3, -0.25) is 19.2 Å². The van der Waals surface area contributed by atoms with E-state index in [1.54, 1.807) is 57.6 Å². The van der Waals surface area contributed by atoms with E-state index in [1.807, 2.05) is 32.1 Å². The van der Waals surface area contributed by atoms with Gasteiger partial charge >= 0.3 is 0 Å². The van der Waals surface area contributed by atoms with E-state index < -0.39 is 0 Å². The maximum Gasteiger partial charge on any atom is 0.181 e. The topological polar surface area (TPSA) is 102 Å². The molecule has 0 aliphatic heterocycles. The number of hydrogen-bond donors (Lipinski definition) is 0. The van der Waals surface area contributed by atoms with Crippen molar-refractivity contribution in [1.29, 1.82) is 0 Å². The van der Waals surface area contributed by atoms with Crippen LogP contribution in [0.1, 0.15) is 288 Å². The van der Waals surface area contributed by atoms with Gasteiger partial charge in [-0.05, 0) is 261 Å². The first kappa shape index (κ1) is 77.4. The van der Waals surface area contributed by atoms with Gasteiger partial charge in [0.1, 0.15) is 11.6 Å². The average Bonchev–Trinajstić information content (AvgIpc) is 3.55. The number of carbonyl (C=O) groups excluding carboxylic acids is 6. The molecule has 0 aromatic carbocycles. The van der Waals surface area contributed by atoms with Crippen LogP contribution in [0.5, 0.6) is 0 Å². The Morgan fingerprint density at radius 3 is 1.40 bits per heavy atom. The van der Waals surface area contributed by atoms with Crippen molar-refractivity contribution in [2.45, 2.75) is 288 Å². The van der Waals surface area contributed by atoms with Gasteiger partial charge in [-0.25, -0.2) is 0 Å². The van der Waals surface area contributed by atoms with Crippen molar-refractivity contribution < 1.29 is 28.8 Å². The first-order chi connectivity index (χ1) is 38.7. The second kappa shape index (κ2) is 35.3. The highest BCUT2D eigenvalue weighted by Crippen LogP contribution is 2.46. The molecule has 6 rings (SSSR count). The van der Waals surface area contributed by atoms with Crippen LogP contribution in [-0.4, -0.2) is 34.7 Å². The third-order valence-electron chi connectivity index (χ3n) is 19.2. The Morgan fingerprint density at radius 1 is 0.488 bits per heavy atom. The van der Waals surface area contributed by atoms with Crippen LogP contribution < -0.4 is 0 Å². The van der Waals surface area contributed by atoms with Crippen LogP contribution in [0.3, 0.4) is 0 Å². The molecule has 6 nitrogen and oxygen atoms in total. The van der Waals surface area contributed by atoms with E-state index in [2.05, 4.69) is 149 Å². The van der Waals surface area contributed by atoms with Gasteiger partial charge in [-0.15, -0.1) is 0 Å². The van der Waals surface area contributed by atoms with Crippen LogP contribution in [0.2, 0.25) is 0 Å². The Balaban J connectivity index is 0.000000504. The maximum atomic E-state index is 11.9. The van der Waals surface area contributed by atoms with Crippen molar-refractivity contribution in [3.63, 3.8) is 0 Å². The molecular formula is C78H124O6. The highest BCUT2D eigenvalue weighted by Gasteiger charge is 2.37. The van der Waals surface area contributed by atoms with E-state index in [1.165, 1.54) is 110 Å². The monoisotopic (exact) mass is 1160 g/mol. The second-order valence-electron chi connectivity index (χ2n) is 29.8. The molecule has 0 aromatic heterocycles. The summed E-state index contributed by atoms with van der Waals surface area (Å²) in [4.78, 5) is 67.5. The molecule has 0 fully saturated rings. The zero-order valence-electron chi connectivity index (χ0n) is 58.5. The fraction of sp³-hybridized carbons (Fsp3) is 0.667. The summed E-state index contributed by atoms with van der Waals surface area (Å²) >= 11 is 0. The van der Waals surface area contributed by atoms with Crippen LogP contribution in [0.25, 0.3) is 0 Å². The maximum absolute atomic E-state index is 11.9. The second-order valence-corrected chi connectivity index (χ2v) is 29.8. The molecule has 0 saturated carbocycles. The minimum atomic E-state index is 0.0684. The number of Topliss-reactive ketones (excluding diaryl/α,β-unsaturated/α-hetero) is 2. The smallest absolute Gasteiger partial charge is 0.181 e. The number of ketones is 6. The zero-order valence-corrected chi connectivity index (χ0v) is 58.5. The zero-order chi connectivity index (χ0) is 64.6. The fourth-order valence-corrected chi connectivity index (χ4v) is 14.3. The van der Waals surface area contributed by atoms with E-state index >= 15 is 0 Å². The fourth-order valence-electron chi connectivity index (χ4n) is 14.3. The molecule has 0 bridgehead atoms.